The van der Waals surface area contributed by atoms with Crippen LogP contribution in [0, 0.1) is 18.3 Å². The molecule has 2 saturated carbocycles. The molecule has 0 atom stereocenters. The van der Waals surface area contributed by atoms with E-state index in [1.54, 1.807) is 6.20 Å². The molecule has 0 radical (unpaired) electrons. The Labute approximate surface area is 137 Å². The standard InChI is InChI=1S/C17H25N5O/c1-13-18-7-4-15(20-13)21-8-10-22(11-9-21)16(23)19-12-17(5-6-17)14-2-3-14/h4,7,14H,2-3,5-6,8-12H2,1H3,(H,19,23). The lowest BCUT2D eigenvalue weighted by Crippen LogP contribution is -2.52. The molecule has 1 N–H and O–H groups in total. The van der Waals surface area contributed by atoms with Gasteiger partial charge in [0.05, 0.1) is 0 Å². The highest BCUT2D eigenvalue weighted by Crippen LogP contribution is 2.60. The highest BCUT2D eigenvalue weighted by molar-refractivity contribution is 5.74. The monoisotopic (exact) mass is 315 g/mol. The zero-order valence-electron chi connectivity index (χ0n) is 13.8. The lowest BCUT2D eigenvalue weighted by atomic mass is 10.0. The summed E-state index contributed by atoms with van der Waals surface area (Å²) in [5, 5.41) is 3.18. The number of urea groups is 1. The van der Waals surface area contributed by atoms with Crippen LogP contribution in [-0.2, 0) is 0 Å². The van der Waals surface area contributed by atoms with Crippen LogP contribution < -0.4 is 10.2 Å². The normalized spacial score (nSPS) is 22.8. The van der Waals surface area contributed by atoms with Crippen molar-refractivity contribution in [2.24, 2.45) is 11.3 Å². The summed E-state index contributed by atoms with van der Waals surface area (Å²) in [5.41, 5.74) is 0.468. The van der Waals surface area contributed by atoms with Crippen molar-refractivity contribution in [2.75, 3.05) is 37.6 Å². The van der Waals surface area contributed by atoms with Gasteiger partial charge < -0.3 is 15.1 Å². The number of piperazine rings is 1. The fraction of sp³-hybridized carbons (Fsp3) is 0.706. The average Bonchev–Trinajstić information content (AvgIpc) is 3.46. The molecule has 0 unspecified atom stereocenters. The van der Waals surface area contributed by atoms with Crippen molar-refractivity contribution in [1.29, 1.82) is 0 Å². The minimum Gasteiger partial charge on any atom is -0.353 e. The molecule has 0 aromatic carbocycles. The van der Waals surface area contributed by atoms with Gasteiger partial charge in [-0.1, -0.05) is 0 Å². The van der Waals surface area contributed by atoms with Gasteiger partial charge in [0.1, 0.15) is 11.6 Å². The Bertz CT molecular complexity index is 588. The predicted molar refractivity (Wildman–Crippen MR) is 88.3 cm³/mol. The van der Waals surface area contributed by atoms with Gasteiger partial charge >= 0.3 is 6.03 Å². The van der Waals surface area contributed by atoms with Crippen LogP contribution >= 0.6 is 0 Å². The number of nitrogens with one attached hydrogen (secondary N) is 1. The van der Waals surface area contributed by atoms with Gasteiger partial charge in [0.2, 0.25) is 0 Å². The molecule has 4 rings (SSSR count). The van der Waals surface area contributed by atoms with Gasteiger partial charge in [0.15, 0.2) is 0 Å². The number of hydrogen-bond donors (Lipinski definition) is 1. The third-order valence-corrected chi connectivity index (χ3v) is 5.58. The van der Waals surface area contributed by atoms with E-state index in [1.807, 2.05) is 17.9 Å². The topological polar surface area (TPSA) is 61.4 Å². The highest BCUT2D eigenvalue weighted by atomic mass is 16.2. The van der Waals surface area contributed by atoms with E-state index < -0.39 is 0 Å². The number of anilines is 1. The van der Waals surface area contributed by atoms with Gasteiger partial charge in [-0.2, -0.15) is 0 Å². The first kappa shape index (κ1) is 14.7. The van der Waals surface area contributed by atoms with Crippen LogP contribution in [-0.4, -0.2) is 53.6 Å². The molecule has 124 valence electrons. The molecule has 2 amide bonds. The number of aryl methyl sites for hydroxylation is 1. The molecule has 0 spiro atoms. The van der Waals surface area contributed by atoms with E-state index in [4.69, 9.17) is 0 Å². The number of aromatic nitrogens is 2. The van der Waals surface area contributed by atoms with Crippen molar-refractivity contribution < 1.29 is 4.79 Å². The van der Waals surface area contributed by atoms with Gasteiger partial charge in [0, 0.05) is 38.9 Å². The van der Waals surface area contributed by atoms with Crippen LogP contribution in [0.2, 0.25) is 0 Å². The molecule has 1 aromatic rings. The summed E-state index contributed by atoms with van der Waals surface area (Å²) in [5.74, 6) is 2.64. The van der Waals surface area contributed by atoms with Crippen molar-refractivity contribution in [2.45, 2.75) is 32.6 Å². The van der Waals surface area contributed by atoms with E-state index in [-0.39, 0.29) is 6.03 Å². The van der Waals surface area contributed by atoms with Crippen molar-refractivity contribution in [3.05, 3.63) is 18.1 Å². The van der Waals surface area contributed by atoms with E-state index in [9.17, 15) is 4.79 Å². The summed E-state index contributed by atoms with van der Waals surface area (Å²) in [7, 11) is 0. The summed E-state index contributed by atoms with van der Waals surface area (Å²) in [6, 6.07) is 2.05. The fourth-order valence-corrected chi connectivity index (χ4v) is 3.71. The van der Waals surface area contributed by atoms with E-state index in [0.29, 0.717) is 5.41 Å². The Morgan fingerprint density at radius 2 is 2.04 bits per heavy atom. The van der Waals surface area contributed by atoms with E-state index in [2.05, 4.69) is 20.2 Å². The highest BCUT2D eigenvalue weighted by Gasteiger charge is 2.53. The zero-order valence-corrected chi connectivity index (χ0v) is 13.8. The molecule has 1 saturated heterocycles. The lowest BCUT2D eigenvalue weighted by molar-refractivity contribution is 0.190. The maximum Gasteiger partial charge on any atom is 0.317 e. The molecule has 2 aliphatic carbocycles. The molecular weight excluding hydrogens is 290 g/mol. The van der Waals surface area contributed by atoms with E-state index in [0.717, 1.165) is 50.3 Å². The molecule has 0 bridgehead atoms. The molecule has 1 aromatic heterocycles. The maximum absolute atomic E-state index is 12.4. The smallest absolute Gasteiger partial charge is 0.317 e. The zero-order chi connectivity index (χ0) is 15.9. The van der Waals surface area contributed by atoms with E-state index >= 15 is 0 Å². The third kappa shape index (κ3) is 3.12. The third-order valence-electron chi connectivity index (χ3n) is 5.58. The average molecular weight is 315 g/mol. The molecule has 3 aliphatic rings. The second-order valence-electron chi connectivity index (χ2n) is 7.23. The van der Waals surface area contributed by atoms with Crippen LogP contribution in [0.5, 0.6) is 0 Å². The number of rotatable bonds is 4. The minimum atomic E-state index is 0.107. The van der Waals surface area contributed by atoms with Gasteiger partial charge in [0.25, 0.3) is 0 Å². The summed E-state index contributed by atoms with van der Waals surface area (Å²) in [4.78, 5) is 25.2. The lowest BCUT2D eigenvalue weighted by Gasteiger charge is -2.35. The fourth-order valence-electron chi connectivity index (χ4n) is 3.71. The number of carbonyl (C=O) groups excluding carboxylic acids is 1. The molecule has 1 aliphatic heterocycles. The summed E-state index contributed by atoms with van der Waals surface area (Å²) < 4.78 is 0. The molecular formula is C17H25N5O. The number of carbonyl (C=O) groups is 1. The SMILES string of the molecule is Cc1nccc(N2CCN(C(=O)NCC3(C4CC4)CC3)CC2)n1. The Morgan fingerprint density at radius 3 is 2.65 bits per heavy atom. The van der Waals surface area contributed by atoms with Crippen LogP contribution in [0.3, 0.4) is 0 Å². The van der Waals surface area contributed by atoms with Crippen molar-refractivity contribution >= 4 is 11.8 Å². The summed E-state index contributed by atoms with van der Waals surface area (Å²) in [6.07, 6.45) is 7.14. The van der Waals surface area contributed by atoms with Crippen molar-refractivity contribution in [1.82, 2.24) is 20.2 Å². The van der Waals surface area contributed by atoms with Crippen LogP contribution in [0.4, 0.5) is 10.6 Å². The Hall–Kier alpha value is -1.85. The van der Waals surface area contributed by atoms with Gasteiger partial charge in [-0.15, -0.1) is 0 Å². The summed E-state index contributed by atoms with van der Waals surface area (Å²) in [6.45, 7) is 5.95. The summed E-state index contributed by atoms with van der Waals surface area (Å²) >= 11 is 0. The molecule has 23 heavy (non-hydrogen) atoms. The Balaban J connectivity index is 1.26. The number of nitrogens with zero attached hydrogens (tertiary/aromatic N) is 4. The van der Waals surface area contributed by atoms with Crippen LogP contribution in [0.25, 0.3) is 0 Å². The quantitative estimate of drug-likeness (QED) is 0.920. The predicted octanol–water partition coefficient (Wildman–Crippen LogP) is 1.81. The largest absolute Gasteiger partial charge is 0.353 e. The first-order valence-corrected chi connectivity index (χ1v) is 8.74. The Morgan fingerprint density at radius 1 is 1.30 bits per heavy atom. The minimum absolute atomic E-state index is 0.107. The van der Waals surface area contributed by atoms with Gasteiger partial charge in [-0.05, 0) is 50.0 Å². The van der Waals surface area contributed by atoms with Gasteiger partial charge in [-0.25, -0.2) is 14.8 Å². The van der Waals surface area contributed by atoms with Gasteiger partial charge in [-0.3, -0.25) is 0 Å². The maximum atomic E-state index is 12.4. The second-order valence-corrected chi connectivity index (χ2v) is 7.23. The number of hydrogen-bond acceptors (Lipinski definition) is 4. The van der Waals surface area contributed by atoms with Crippen LogP contribution in [0.1, 0.15) is 31.5 Å². The van der Waals surface area contributed by atoms with Crippen molar-refractivity contribution in [3.63, 3.8) is 0 Å². The molecule has 2 heterocycles. The second kappa shape index (κ2) is 5.65. The van der Waals surface area contributed by atoms with Crippen molar-refractivity contribution in [3.8, 4) is 0 Å². The first-order chi connectivity index (χ1) is 11.2. The van der Waals surface area contributed by atoms with Crippen LogP contribution in [0.15, 0.2) is 12.3 Å². The number of amides is 2. The molecule has 6 nitrogen and oxygen atoms in total. The molecule has 6 heteroatoms. The Kier molecular flexibility index (Phi) is 3.62. The van der Waals surface area contributed by atoms with E-state index in [1.165, 1.54) is 25.7 Å². The first-order valence-electron chi connectivity index (χ1n) is 8.74. The molecule has 3 fully saturated rings.